The first kappa shape index (κ1) is 14.3. The lowest BCUT2D eigenvalue weighted by atomic mass is 10.1. The third kappa shape index (κ3) is 4.54. The van der Waals surface area contributed by atoms with E-state index in [-0.39, 0.29) is 12.1 Å². The van der Waals surface area contributed by atoms with Gasteiger partial charge in [-0.25, -0.2) is 0 Å². The summed E-state index contributed by atoms with van der Waals surface area (Å²) in [6, 6.07) is 5.68. The van der Waals surface area contributed by atoms with Crippen molar-refractivity contribution in [3.63, 3.8) is 0 Å². The van der Waals surface area contributed by atoms with Crippen molar-refractivity contribution < 1.29 is 9.84 Å². The summed E-state index contributed by atoms with van der Waals surface area (Å²) in [6.45, 7) is 4.81. The molecular formula is C13H20ClNO2. The lowest BCUT2D eigenvalue weighted by Crippen LogP contribution is -2.43. The molecule has 3 nitrogen and oxygen atoms in total. The highest BCUT2D eigenvalue weighted by molar-refractivity contribution is 6.31. The summed E-state index contributed by atoms with van der Waals surface area (Å²) in [5, 5.41) is 13.1. The first-order valence-electron chi connectivity index (χ1n) is 5.67. The zero-order valence-electron chi connectivity index (χ0n) is 10.6. The van der Waals surface area contributed by atoms with Crippen molar-refractivity contribution in [2.45, 2.75) is 25.8 Å². The Morgan fingerprint density at radius 3 is 2.65 bits per heavy atom. The van der Waals surface area contributed by atoms with Gasteiger partial charge in [-0.05, 0) is 44.5 Å². The monoisotopic (exact) mass is 257 g/mol. The number of nitrogens with one attached hydrogen (secondary N) is 1. The smallest absolute Gasteiger partial charge is 0.120 e. The van der Waals surface area contributed by atoms with Crippen LogP contribution in [-0.4, -0.2) is 30.9 Å². The standard InChI is InChI=1S/C13H20ClNO2/c1-13(2,9-16)15-7-6-10-4-5-11(17-3)8-12(10)14/h4-5,8,15-16H,6-7,9H2,1-3H3. The Labute approximate surface area is 108 Å². The lowest BCUT2D eigenvalue weighted by molar-refractivity contribution is 0.189. The van der Waals surface area contributed by atoms with Gasteiger partial charge in [-0.15, -0.1) is 0 Å². The molecule has 0 aliphatic carbocycles. The molecular weight excluding hydrogens is 238 g/mol. The molecule has 0 atom stereocenters. The Kier molecular flexibility index (Phi) is 5.25. The summed E-state index contributed by atoms with van der Waals surface area (Å²) in [7, 11) is 1.62. The van der Waals surface area contributed by atoms with Gasteiger partial charge in [-0.2, -0.15) is 0 Å². The van der Waals surface area contributed by atoms with Gasteiger partial charge in [0.2, 0.25) is 0 Å². The predicted molar refractivity (Wildman–Crippen MR) is 70.9 cm³/mol. The van der Waals surface area contributed by atoms with Gasteiger partial charge in [0.1, 0.15) is 5.75 Å². The fraction of sp³-hybridized carbons (Fsp3) is 0.538. The minimum Gasteiger partial charge on any atom is -0.497 e. The molecule has 2 N–H and O–H groups in total. The summed E-state index contributed by atoms with van der Waals surface area (Å²) in [6.07, 6.45) is 0.826. The summed E-state index contributed by atoms with van der Waals surface area (Å²) < 4.78 is 5.09. The van der Waals surface area contributed by atoms with Crippen LogP contribution in [0.1, 0.15) is 19.4 Å². The van der Waals surface area contributed by atoms with Crippen molar-refractivity contribution in [3.8, 4) is 5.75 Å². The average molecular weight is 258 g/mol. The molecule has 1 aromatic carbocycles. The average Bonchev–Trinajstić information content (AvgIpc) is 2.31. The highest BCUT2D eigenvalue weighted by Gasteiger charge is 2.14. The molecule has 0 bridgehead atoms. The van der Waals surface area contributed by atoms with E-state index in [4.69, 9.17) is 21.4 Å². The molecule has 0 heterocycles. The molecule has 4 heteroatoms. The van der Waals surface area contributed by atoms with Crippen molar-refractivity contribution in [3.05, 3.63) is 28.8 Å². The quantitative estimate of drug-likeness (QED) is 0.821. The zero-order valence-corrected chi connectivity index (χ0v) is 11.3. The fourth-order valence-electron chi connectivity index (χ4n) is 1.45. The first-order chi connectivity index (χ1) is 7.98. The Morgan fingerprint density at radius 1 is 1.41 bits per heavy atom. The van der Waals surface area contributed by atoms with E-state index < -0.39 is 0 Å². The number of ether oxygens (including phenoxy) is 1. The highest BCUT2D eigenvalue weighted by Crippen LogP contribution is 2.22. The molecule has 0 aromatic heterocycles. The van der Waals surface area contributed by atoms with Crippen LogP contribution in [0.25, 0.3) is 0 Å². The maximum absolute atomic E-state index is 9.11. The van der Waals surface area contributed by atoms with Crippen molar-refractivity contribution >= 4 is 11.6 Å². The van der Waals surface area contributed by atoms with Gasteiger partial charge in [0.15, 0.2) is 0 Å². The van der Waals surface area contributed by atoms with Crippen LogP contribution < -0.4 is 10.1 Å². The van der Waals surface area contributed by atoms with E-state index in [1.807, 2.05) is 32.0 Å². The first-order valence-corrected chi connectivity index (χ1v) is 6.04. The highest BCUT2D eigenvalue weighted by atomic mass is 35.5. The summed E-state index contributed by atoms with van der Waals surface area (Å²) in [5.41, 5.74) is 0.826. The summed E-state index contributed by atoms with van der Waals surface area (Å²) >= 11 is 6.13. The van der Waals surface area contributed by atoms with Gasteiger partial charge in [0, 0.05) is 10.6 Å². The number of hydrogen-bond acceptors (Lipinski definition) is 3. The van der Waals surface area contributed by atoms with Gasteiger partial charge in [0.25, 0.3) is 0 Å². The Morgan fingerprint density at radius 2 is 2.12 bits per heavy atom. The SMILES string of the molecule is COc1ccc(CCNC(C)(C)CO)c(Cl)c1. The van der Waals surface area contributed by atoms with Crippen LogP contribution >= 0.6 is 11.6 Å². The zero-order chi connectivity index (χ0) is 12.9. The molecule has 0 fully saturated rings. The van der Waals surface area contributed by atoms with Crippen LogP contribution in [0.15, 0.2) is 18.2 Å². The number of rotatable bonds is 6. The predicted octanol–water partition coefficient (Wildman–Crippen LogP) is 2.25. The van der Waals surface area contributed by atoms with Crippen LogP contribution in [0.3, 0.4) is 0 Å². The third-order valence-corrected chi connectivity index (χ3v) is 3.01. The number of halogens is 1. The third-order valence-electron chi connectivity index (χ3n) is 2.65. The number of methoxy groups -OCH3 is 1. The topological polar surface area (TPSA) is 41.5 Å². The second-order valence-corrected chi connectivity index (χ2v) is 5.08. The van der Waals surface area contributed by atoms with Crippen molar-refractivity contribution in [1.82, 2.24) is 5.32 Å². The van der Waals surface area contributed by atoms with Gasteiger partial charge in [0.05, 0.1) is 13.7 Å². The summed E-state index contributed by atoms with van der Waals surface area (Å²) in [5.74, 6) is 0.766. The van der Waals surface area contributed by atoms with E-state index in [9.17, 15) is 0 Å². The lowest BCUT2D eigenvalue weighted by Gasteiger charge is -2.23. The molecule has 0 saturated heterocycles. The molecule has 0 unspecified atom stereocenters. The Bertz CT molecular complexity index is 366. The van der Waals surface area contributed by atoms with Gasteiger partial charge in [-0.3, -0.25) is 0 Å². The van der Waals surface area contributed by atoms with Crippen molar-refractivity contribution in [2.75, 3.05) is 20.3 Å². The van der Waals surface area contributed by atoms with Gasteiger partial charge < -0.3 is 15.2 Å². The second-order valence-electron chi connectivity index (χ2n) is 4.68. The molecule has 0 amide bonds. The van der Waals surface area contributed by atoms with Crippen LogP contribution in [0.2, 0.25) is 5.02 Å². The molecule has 0 aliphatic rings. The Hall–Kier alpha value is -0.770. The molecule has 0 radical (unpaired) electrons. The molecule has 1 aromatic rings. The molecule has 1 rings (SSSR count). The van der Waals surface area contributed by atoms with Crippen LogP contribution in [0.5, 0.6) is 5.75 Å². The van der Waals surface area contributed by atoms with Crippen LogP contribution in [-0.2, 0) is 6.42 Å². The maximum atomic E-state index is 9.11. The molecule has 0 aliphatic heterocycles. The van der Waals surface area contributed by atoms with E-state index in [0.717, 1.165) is 24.3 Å². The number of aliphatic hydroxyl groups excluding tert-OH is 1. The van der Waals surface area contributed by atoms with E-state index in [0.29, 0.717) is 5.02 Å². The van der Waals surface area contributed by atoms with Gasteiger partial charge >= 0.3 is 0 Å². The molecule has 0 saturated carbocycles. The molecule has 96 valence electrons. The number of benzene rings is 1. The van der Waals surface area contributed by atoms with E-state index in [1.165, 1.54) is 0 Å². The second kappa shape index (κ2) is 6.24. The molecule has 0 spiro atoms. The number of aliphatic hydroxyl groups is 1. The largest absolute Gasteiger partial charge is 0.497 e. The van der Waals surface area contributed by atoms with Crippen molar-refractivity contribution in [2.24, 2.45) is 0 Å². The number of hydrogen-bond donors (Lipinski definition) is 2. The van der Waals surface area contributed by atoms with Crippen molar-refractivity contribution in [1.29, 1.82) is 0 Å². The minimum atomic E-state index is -0.251. The van der Waals surface area contributed by atoms with E-state index in [1.54, 1.807) is 7.11 Å². The summed E-state index contributed by atoms with van der Waals surface area (Å²) in [4.78, 5) is 0. The maximum Gasteiger partial charge on any atom is 0.120 e. The van der Waals surface area contributed by atoms with Gasteiger partial charge in [-0.1, -0.05) is 17.7 Å². The minimum absolute atomic E-state index is 0.114. The fourth-order valence-corrected chi connectivity index (χ4v) is 1.71. The van der Waals surface area contributed by atoms with Crippen LogP contribution in [0, 0.1) is 0 Å². The van der Waals surface area contributed by atoms with E-state index >= 15 is 0 Å². The van der Waals surface area contributed by atoms with Crippen LogP contribution in [0.4, 0.5) is 0 Å². The normalized spacial score (nSPS) is 11.6. The Balaban J connectivity index is 2.52. The van der Waals surface area contributed by atoms with E-state index in [2.05, 4.69) is 5.32 Å². The molecule has 17 heavy (non-hydrogen) atoms.